The van der Waals surface area contributed by atoms with Gasteiger partial charge in [0.05, 0.1) is 5.56 Å². The highest BCUT2D eigenvalue weighted by atomic mass is 32.2. The fourth-order valence-electron chi connectivity index (χ4n) is 2.14. The number of phenols is 1. The van der Waals surface area contributed by atoms with E-state index >= 15 is 0 Å². The van der Waals surface area contributed by atoms with Crippen LogP contribution in [0.3, 0.4) is 0 Å². The second-order valence-corrected chi connectivity index (χ2v) is 5.85. The molecule has 106 valence electrons. The summed E-state index contributed by atoms with van der Waals surface area (Å²) in [5.41, 5.74) is 0.360. The molecule has 0 aliphatic heterocycles. The number of amides is 1. The first kappa shape index (κ1) is 14.7. The Morgan fingerprint density at radius 1 is 1.30 bits per heavy atom. The average Bonchev–Trinajstić information content (AvgIpc) is 2.45. The van der Waals surface area contributed by atoms with Crippen LogP contribution in [0.15, 0.2) is 36.4 Å². The molecule has 0 aliphatic rings. The van der Waals surface area contributed by atoms with Crippen molar-refractivity contribution in [1.29, 1.82) is 0 Å². The van der Waals surface area contributed by atoms with Crippen LogP contribution in [0.4, 0.5) is 0 Å². The van der Waals surface area contributed by atoms with Crippen LogP contribution in [0.2, 0.25) is 0 Å². The van der Waals surface area contributed by atoms with Gasteiger partial charge in [0, 0.05) is 18.8 Å². The number of hydrogen-bond donors (Lipinski definition) is 1. The smallest absolute Gasteiger partial charge is 0.257 e. The van der Waals surface area contributed by atoms with Crippen LogP contribution in [0.25, 0.3) is 10.8 Å². The van der Waals surface area contributed by atoms with E-state index in [1.165, 1.54) is 0 Å². The Morgan fingerprint density at radius 2 is 1.90 bits per heavy atom. The molecule has 0 saturated heterocycles. The van der Waals surface area contributed by atoms with E-state index < -0.39 is 0 Å². The van der Waals surface area contributed by atoms with Crippen LogP contribution in [0.5, 0.6) is 5.75 Å². The molecule has 20 heavy (non-hydrogen) atoms. The van der Waals surface area contributed by atoms with E-state index in [0.717, 1.165) is 16.5 Å². The molecule has 0 aliphatic carbocycles. The standard InChI is InChI=1S/C16H19NO2S/c1-11(10-20-3)17(2)16(19)14-8-12-6-4-5-7-13(12)9-15(14)18/h4-9,11,18H,10H2,1-3H3. The highest BCUT2D eigenvalue weighted by Crippen LogP contribution is 2.26. The van der Waals surface area contributed by atoms with Crippen LogP contribution in [-0.4, -0.2) is 41.0 Å². The van der Waals surface area contributed by atoms with Gasteiger partial charge in [-0.05, 0) is 36.1 Å². The van der Waals surface area contributed by atoms with Crippen molar-refractivity contribution < 1.29 is 9.90 Å². The fraction of sp³-hybridized carbons (Fsp3) is 0.312. The minimum absolute atomic E-state index is 0.0388. The number of fused-ring (bicyclic) bond motifs is 1. The number of nitrogens with zero attached hydrogens (tertiary/aromatic N) is 1. The zero-order chi connectivity index (χ0) is 14.7. The first-order valence-corrected chi connectivity index (χ1v) is 7.92. The number of hydrogen-bond acceptors (Lipinski definition) is 3. The minimum Gasteiger partial charge on any atom is -0.507 e. The van der Waals surface area contributed by atoms with E-state index in [9.17, 15) is 9.90 Å². The maximum atomic E-state index is 12.5. The first-order chi connectivity index (χ1) is 9.54. The lowest BCUT2D eigenvalue weighted by atomic mass is 10.0. The second kappa shape index (κ2) is 6.18. The van der Waals surface area contributed by atoms with Crippen LogP contribution in [0, 0.1) is 0 Å². The topological polar surface area (TPSA) is 40.5 Å². The first-order valence-electron chi connectivity index (χ1n) is 6.52. The van der Waals surface area contributed by atoms with Crippen molar-refractivity contribution in [3.8, 4) is 5.75 Å². The summed E-state index contributed by atoms with van der Waals surface area (Å²) in [7, 11) is 1.78. The molecule has 1 amide bonds. The van der Waals surface area contributed by atoms with Gasteiger partial charge < -0.3 is 10.0 Å². The summed E-state index contributed by atoms with van der Waals surface area (Å²) < 4.78 is 0. The van der Waals surface area contributed by atoms with Gasteiger partial charge in [-0.3, -0.25) is 4.79 Å². The summed E-state index contributed by atoms with van der Waals surface area (Å²) in [5, 5.41) is 12.0. The van der Waals surface area contributed by atoms with E-state index in [1.54, 1.807) is 35.8 Å². The third-order valence-corrected chi connectivity index (χ3v) is 4.30. The summed E-state index contributed by atoms with van der Waals surface area (Å²) >= 11 is 1.70. The number of benzene rings is 2. The number of phenolic OH excluding ortho intramolecular Hbond substituents is 1. The molecule has 0 saturated carbocycles. The zero-order valence-corrected chi connectivity index (χ0v) is 12.8. The van der Waals surface area contributed by atoms with Gasteiger partial charge >= 0.3 is 0 Å². The number of rotatable bonds is 4. The molecule has 0 radical (unpaired) electrons. The SMILES string of the molecule is CSCC(C)N(C)C(=O)c1cc2ccccc2cc1O. The van der Waals surface area contributed by atoms with Crippen LogP contribution >= 0.6 is 11.8 Å². The molecule has 2 aromatic carbocycles. The predicted molar refractivity (Wildman–Crippen MR) is 85.6 cm³/mol. The molecule has 1 atom stereocenters. The molecular weight excluding hydrogens is 270 g/mol. The molecule has 0 aromatic heterocycles. The third kappa shape index (κ3) is 2.90. The Hall–Kier alpha value is -1.68. The lowest BCUT2D eigenvalue weighted by molar-refractivity contribution is 0.0755. The molecule has 1 N–H and O–H groups in total. The monoisotopic (exact) mass is 289 g/mol. The van der Waals surface area contributed by atoms with Gasteiger partial charge in [0.15, 0.2) is 0 Å². The largest absolute Gasteiger partial charge is 0.507 e. The van der Waals surface area contributed by atoms with Gasteiger partial charge in [-0.25, -0.2) is 0 Å². The molecule has 0 heterocycles. The molecule has 0 bridgehead atoms. The Kier molecular flexibility index (Phi) is 4.55. The lowest BCUT2D eigenvalue weighted by Gasteiger charge is -2.24. The number of carbonyl (C=O) groups is 1. The van der Waals surface area contributed by atoms with Gasteiger partial charge in [0.25, 0.3) is 5.91 Å². The van der Waals surface area contributed by atoms with Gasteiger partial charge in [-0.2, -0.15) is 11.8 Å². The number of aromatic hydroxyl groups is 1. The summed E-state index contributed by atoms with van der Waals surface area (Å²) in [6.07, 6.45) is 2.02. The zero-order valence-electron chi connectivity index (χ0n) is 12.0. The Bertz CT molecular complexity index is 627. The molecule has 3 nitrogen and oxygen atoms in total. The normalized spacial score (nSPS) is 12.3. The lowest BCUT2D eigenvalue weighted by Crippen LogP contribution is -2.36. The van der Waals surface area contributed by atoms with Crippen molar-refractivity contribution in [3.05, 3.63) is 42.0 Å². The maximum Gasteiger partial charge on any atom is 0.257 e. The maximum absolute atomic E-state index is 12.5. The number of carbonyl (C=O) groups excluding carboxylic acids is 1. The molecule has 1 unspecified atom stereocenters. The van der Waals surface area contributed by atoms with E-state index in [1.807, 2.05) is 37.4 Å². The summed E-state index contributed by atoms with van der Waals surface area (Å²) in [6.45, 7) is 2.01. The van der Waals surface area contributed by atoms with Gasteiger partial charge in [0.1, 0.15) is 5.75 Å². The average molecular weight is 289 g/mol. The van der Waals surface area contributed by atoms with Crippen molar-refractivity contribution >= 4 is 28.4 Å². The molecule has 0 spiro atoms. The van der Waals surface area contributed by atoms with E-state index in [-0.39, 0.29) is 17.7 Å². The second-order valence-electron chi connectivity index (χ2n) is 4.94. The van der Waals surface area contributed by atoms with Crippen molar-refractivity contribution in [2.75, 3.05) is 19.1 Å². The molecular formula is C16H19NO2S. The van der Waals surface area contributed by atoms with E-state index in [0.29, 0.717) is 5.56 Å². The van der Waals surface area contributed by atoms with Gasteiger partial charge in [0.2, 0.25) is 0 Å². The van der Waals surface area contributed by atoms with E-state index in [4.69, 9.17) is 0 Å². The fourth-order valence-corrected chi connectivity index (χ4v) is 2.85. The Labute approximate surface area is 123 Å². The summed E-state index contributed by atoms with van der Waals surface area (Å²) in [5.74, 6) is 0.767. The van der Waals surface area contributed by atoms with Crippen molar-refractivity contribution in [1.82, 2.24) is 4.90 Å². The predicted octanol–water partition coefficient (Wildman–Crippen LogP) is 3.37. The Balaban J connectivity index is 2.36. The Morgan fingerprint density at radius 3 is 2.50 bits per heavy atom. The molecule has 4 heteroatoms. The van der Waals surface area contributed by atoms with Gasteiger partial charge in [-0.1, -0.05) is 24.3 Å². The quantitative estimate of drug-likeness (QED) is 0.938. The van der Waals surface area contributed by atoms with Crippen LogP contribution < -0.4 is 0 Å². The van der Waals surface area contributed by atoms with Crippen molar-refractivity contribution in [3.63, 3.8) is 0 Å². The molecule has 2 rings (SSSR count). The van der Waals surface area contributed by atoms with Crippen molar-refractivity contribution in [2.24, 2.45) is 0 Å². The molecule has 0 fully saturated rings. The van der Waals surface area contributed by atoms with Crippen LogP contribution in [0.1, 0.15) is 17.3 Å². The molecule has 2 aromatic rings. The van der Waals surface area contributed by atoms with Crippen molar-refractivity contribution in [2.45, 2.75) is 13.0 Å². The minimum atomic E-state index is -0.144. The third-order valence-electron chi connectivity index (χ3n) is 3.48. The van der Waals surface area contributed by atoms with Gasteiger partial charge in [-0.15, -0.1) is 0 Å². The highest BCUT2D eigenvalue weighted by molar-refractivity contribution is 7.98. The van der Waals surface area contributed by atoms with E-state index in [2.05, 4.69) is 0 Å². The number of thioether (sulfide) groups is 1. The summed E-state index contributed by atoms with van der Waals surface area (Å²) in [6, 6.07) is 11.2. The summed E-state index contributed by atoms with van der Waals surface area (Å²) in [4.78, 5) is 14.2. The highest BCUT2D eigenvalue weighted by Gasteiger charge is 2.20. The van der Waals surface area contributed by atoms with Crippen LogP contribution in [-0.2, 0) is 0 Å².